The second-order valence-electron chi connectivity index (χ2n) is 7.01. The SMILES string of the molecule is CC(N)CNC(=O)NC12CC3CC(CC(C3)C1)C2. The molecule has 4 heteroatoms. The summed E-state index contributed by atoms with van der Waals surface area (Å²) < 4.78 is 0. The van der Waals surface area contributed by atoms with Gasteiger partial charge in [0.05, 0.1) is 0 Å². The fourth-order valence-corrected chi connectivity index (χ4v) is 4.80. The van der Waals surface area contributed by atoms with E-state index in [0.717, 1.165) is 17.8 Å². The Morgan fingerprint density at radius 2 is 1.72 bits per heavy atom. The van der Waals surface area contributed by atoms with Crippen molar-refractivity contribution in [1.82, 2.24) is 10.6 Å². The van der Waals surface area contributed by atoms with Crippen LogP contribution in [0.1, 0.15) is 45.4 Å². The van der Waals surface area contributed by atoms with Crippen molar-refractivity contribution in [2.45, 2.75) is 57.0 Å². The van der Waals surface area contributed by atoms with Crippen LogP contribution in [-0.2, 0) is 0 Å². The monoisotopic (exact) mass is 251 g/mol. The third-order valence-electron chi connectivity index (χ3n) is 5.00. The summed E-state index contributed by atoms with van der Waals surface area (Å²) in [7, 11) is 0. The van der Waals surface area contributed by atoms with Gasteiger partial charge in [0.15, 0.2) is 0 Å². The smallest absolute Gasteiger partial charge is 0.315 e. The highest BCUT2D eigenvalue weighted by Crippen LogP contribution is 2.55. The van der Waals surface area contributed by atoms with Crippen molar-refractivity contribution in [1.29, 1.82) is 0 Å². The highest BCUT2D eigenvalue weighted by molar-refractivity contribution is 5.75. The predicted molar refractivity (Wildman–Crippen MR) is 71.1 cm³/mol. The van der Waals surface area contributed by atoms with E-state index < -0.39 is 0 Å². The van der Waals surface area contributed by atoms with Gasteiger partial charge in [0.1, 0.15) is 0 Å². The molecule has 18 heavy (non-hydrogen) atoms. The van der Waals surface area contributed by atoms with Crippen LogP contribution in [0, 0.1) is 17.8 Å². The van der Waals surface area contributed by atoms with Crippen molar-refractivity contribution in [2.24, 2.45) is 23.5 Å². The van der Waals surface area contributed by atoms with Gasteiger partial charge in [0, 0.05) is 18.1 Å². The van der Waals surface area contributed by atoms with Gasteiger partial charge in [-0.1, -0.05) is 0 Å². The van der Waals surface area contributed by atoms with Crippen LogP contribution in [0.25, 0.3) is 0 Å². The summed E-state index contributed by atoms with van der Waals surface area (Å²) in [6, 6.07) is 0.00126. The maximum atomic E-state index is 12.0. The first-order chi connectivity index (χ1) is 8.55. The molecule has 4 saturated carbocycles. The zero-order valence-electron chi connectivity index (χ0n) is 11.2. The Bertz CT molecular complexity index is 305. The molecule has 4 rings (SSSR count). The molecule has 0 aromatic carbocycles. The van der Waals surface area contributed by atoms with Crippen LogP contribution in [0.3, 0.4) is 0 Å². The molecule has 1 unspecified atom stereocenters. The standard InChI is InChI=1S/C14H25N3O/c1-9(15)8-16-13(18)17-14-5-10-2-11(6-14)4-12(3-10)7-14/h9-12H,2-8,15H2,1H3,(H2,16,17,18). The number of nitrogens with two attached hydrogens (primary N) is 1. The number of rotatable bonds is 3. The molecule has 1 atom stereocenters. The van der Waals surface area contributed by atoms with Crippen LogP contribution in [0.5, 0.6) is 0 Å². The summed E-state index contributed by atoms with van der Waals surface area (Å²) in [5.41, 5.74) is 5.77. The molecule has 0 aromatic rings. The third kappa shape index (κ3) is 2.35. The Hall–Kier alpha value is -0.770. The molecule has 2 amide bonds. The summed E-state index contributed by atoms with van der Waals surface area (Å²) in [5, 5.41) is 6.16. The molecule has 4 nitrogen and oxygen atoms in total. The summed E-state index contributed by atoms with van der Waals surface area (Å²) in [5.74, 6) is 2.60. The van der Waals surface area contributed by atoms with E-state index in [1.165, 1.54) is 38.5 Å². The topological polar surface area (TPSA) is 67.1 Å². The lowest BCUT2D eigenvalue weighted by molar-refractivity contribution is -0.0135. The lowest BCUT2D eigenvalue weighted by Crippen LogP contribution is -2.61. The number of hydrogen-bond donors (Lipinski definition) is 3. The van der Waals surface area contributed by atoms with E-state index in [2.05, 4.69) is 10.6 Å². The average Bonchev–Trinajstić information content (AvgIpc) is 2.23. The van der Waals surface area contributed by atoms with E-state index in [0.29, 0.717) is 6.54 Å². The minimum absolute atomic E-state index is 0.0192. The molecule has 4 bridgehead atoms. The number of hydrogen-bond acceptors (Lipinski definition) is 2. The molecule has 0 spiro atoms. The van der Waals surface area contributed by atoms with Gasteiger partial charge < -0.3 is 16.4 Å². The molecule has 4 fully saturated rings. The lowest BCUT2D eigenvalue weighted by atomic mass is 9.53. The van der Waals surface area contributed by atoms with Crippen molar-refractivity contribution in [3.63, 3.8) is 0 Å². The zero-order valence-corrected chi connectivity index (χ0v) is 11.2. The number of amides is 2. The van der Waals surface area contributed by atoms with Gasteiger partial charge in [0.2, 0.25) is 0 Å². The second-order valence-corrected chi connectivity index (χ2v) is 7.01. The Kier molecular flexibility index (Phi) is 3.00. The summed E-state index contributed by atoms with van der Waals surface area (Å²) in [6.07, 6.45) is 7.81. The molecule has 4 N–H and O–H groups in total. The van der Waals surface area contributed by atoms with E-state index in [1.807, 2.05) is 6.92 Å². The third-order valence-corrected chi connectivity index (χ3v) is 5.00. The Labute approximate surface area is 109 Å². The quantitative estimate of drug-likeness (QED) is 0.713. The van der Waals surface area contributed by atoms with E-state index in [4.69, 9.17) is 5.73 Å². The van der Waals surface area contributed by atoms with Gasteiger partial charge in [-0.25, -0.2) is 4.79 Å². The molecule has 0 aliphatic heterocycles. The molecular formula is C14H25N3O. The fourth-order valence-electron chi connectivity index (χ4n) is 4.80. The number of carbonyl (C=O) groups excluding carboxylic acids is 1. The summed E-state index contributed by atoms with van der Waals surface area (Å²) in [6.45, 7) is 2.46. The maximum Gasteiger partial charge on any atom is 0.315 e. The van der Waals surface area contributed by atoms with Gasteiger partial charge in [-0.15, -0.1) is 0 Å². The first-order valence-electron chi connectivity index (χ1n) is 7.36. The van der Waals surface area contributed by atoms with Gasteiger partial charge in [-0.3, -0.25) is 0 Å². The van der Waals surface area contributed by atoms with Gasteiger partial charge in [-0.2, -0.15) is 0 Å². The lowest BCUT2D eigenvalue weighted by Gasteiger charge is -2.56. The molecule has 0 saturated heterocycles. The van der Waals surface area contributed by atoms with Crippen LogP contribution in [0.15, 0.2) is 0 Å². The summed E-state index contributed by atoms with van der Waals surface area (Å²) in [4.78, 5) is 12.0. The highest BCUT2D eigenvalue weighted by atomic mass is 16.2. The maximum absolute atomic E-state index is 12.0. The summed E-state index contributed by atoms with van der Waals surface area (Å²) >= 11 is 0. The van der Waals surface area contributed by atoms with Crippen LogP contribution < -0.4 is 16.4 Å². The molecular weight excluding hydrogens is 226 g/mol. The van der Waals surface area contributed by atoms with Crippen molar-refractivity contribution in [2.75, 3.05) is 6.54 Å². The van der Waals surface area contributed by atoms with Crippen molar-refractivity contribution >= 4 is 6.03 Å². The Morgan fingerprint density at radius 1 is 1.22 bits per heavy atom. The molecule has 0 aromatic heterocycles. The van der Waals surface area contributed by atoms with Crippen molar-refractivity contribution in [3.05, 3.63) is 0 Å². The molecule has 0 heterocycles. The van der Waals surface area contributed by atoms with Crippen LogP contribution in [0.4, 0.5) is 4.79 Å². The number of urea groups is 1. The normalized spacial score (nSPS) is 42.7. The van der Waals surface area contributed by atoms with E-state index in [-0.39, 0.29) is 17.6 Å². The molecule has 102 valence electrons. The number of carbonyl (C=O) groups is 1. The van der Waals surface area contributed by atoms with Gasteiger partial charge >= 0.3 is 6.03 Å². The van der Waals surface area contributed by atoms with Crippen LogP contribution in [0.2, 0.25) is 0 Å². The van der Waals surface area contributed by atoms with E-state index in [9.17, 15) is 4.79 Å². The predicted octanol–water partition coefficient (Wildman–Crippen LogP) is 1.60. The first kappa shape index (κ1) is 12.3. The fraction of sp³-hybridized carbons (Fsp3) is 0.929. The zero-order chi connectivity index (χ0) is 12.8. The minimum atomic E-state index is -0.0192. The van der Waals surface area contributed by atoms with Gasteiger partial charge in [0.25, 0.3) is 0 Å². The highest BCUT2D eigenvalue weighted by Gasteiger charge is 2.51. The second kappa shape index (κ2) is 4.41. The Morgan fingerprint density at radius 3 is 2.17 bits per heavy atom. The molecule has 4 aliphatic rings. The van der Waals surface area contributed by atoms with Gasteiger partial charge in [-0.05, 0) is 63.2 Å². The number of nitrogens with one attached hydrogen (secondary N) is 2. The van der Waals surface area contributed by atoms with Crippen molar-refractivity contribution < 1.29 is 4.79 Å². The van der Waals surface area contributed by atoms with E-state index >= 15 is 0 Å². The molecule has 4 aliphatic carbocycles. The Balaban J connectivity index is 1.60. The largest absolute Gasteiger partial charge is 0.337 e. The van der Waals surface area contributed by atoms with Crippen LogP contribution in [-0.4, -0.2) is 24.2 Å². The first-order valence-corrected chi connectivity index (χ1v) is 7.36. The van der Waals surface area contributed by atoms with Crippen LogP contribution >= 0.6 is 0 Å². The van der Waals surface area contributed by atoms with Crippen molar-refractivity contribution in [3.8, 4) is 0 Å². The average molecular weight is 251 g/mol. The molecule has 0 radical (unpaired) electrons. The van der Waals surface area contributed by atoms with E-state index in [1.54, 1.807) is 0 Å². The minimum Gasteiger partial charge on any atom is -0.337 e.